The number of ether oxygens (including phenoxy) is 1. The number of likely N-dealkylation sites (tertiary alicyclic amines) is 1. The van der Waals surface area contributed by atoms with Gasteiger partial charge in [0, 0.05) is 19.5 Å². The van der Waals surface area contributed by atoms with Gasteiger partial charge in [-0.05, 0) is 12.1 Å². The third kappa shape index (κ3) is 3.37. The van der Waals surface area contributed by atoms with Crippen LogP contribution in [0.3, 0.4) is 0 Å². The van der Waals surface area contributed by atoms with Crippen LogP contribution in [0.5, 0.6) is 0 Å². The predicted molar refractivity (Wildman–Crippen MR) is 76.2 cm³/mol. The van der Waals surface area contributed by atoms with Crippen molar-refractivity contribution in [1.82, 2.24) is 9.80 Å². The van der Waals surface area contributed by atoms with E-state index in [4.69, 9.17) is 14.3 Å². The smallest absolute Gasteiger partial charge is 0.334 e. The molecule has 0 spiro atoms. The summed E-state index contributed by atoms with van der Waals surface area (Å²) in [5, 5.41) is 9.00. The molecule has 2 saturated heterocycles. The predicted octanol–water partition coefficient (Wildman–Crippen LogP) is -0.0599. The normalized spacial score (nSPS) is 25.0. The fourth-order valence-corrected chi connectivity index (χ4v) is 2.94. The minimum atomic E-state index is -1.08. The van der Waals surface area contributed by atoms with Crippen molar-refractivity contribution in [3.8, 4) is 0 Å². The van der Waals surface area contributed by atoms with E-state index < -0.39 is 18.0 Å². The first-order valence-corrected chi connectivity index (χ1v) is 7.48. The molecule has 0 saturated carbocycles. The summed E-state index contributed by atoms with van der Waals surface area (Å²) in [4.78, 5) is 38.7. The fourth-order valence-electron chi connectivity index (χ4n) is 2.94. The molecular formula is C15H18N2O6. The molecule has 23 heavy (non-hydrogen) atoms. The van der Waals surface area contributed by atoms with E-state index in [1.807, 2.05) is 0 Å². The van der Waals surface area contributed by atoms with E-state index in [1.165, 1.54) is 11.2 Å². The average Bonchev–Trinajstić information content (AvgIpc) is 3.17. The van der Waals surface area contributed by atoms with Crippen molar-refractivity contribution in [1.29, 1.82) is 0 Å². The second kappa shape index (κ2) is 6.41. The Morgan fingerprint density at radius 3 is 2.87 bits per heavy atom. The Balaban J connectivity index is 1.60. The fraction of sp³-hybridized carbons (Fsp3) is 0.533. The van der Waals surface area contributed by atoms with Crippen LogP contribution in [0.4, 0.5) is 0 Å². The molecule has 0 unspecified atom stereocenters. The number of carboxylic acids is 1. The van der Waals surface area contributed by atoms with E-state index in [0.717, 1.165) is 0 Å². The number of aliphatic carboxylic acids is 1. The highest BCUT2D eigenvalue weighted by atomic mass is 16.5. The molecule has 0 radical (unpaired) electrons. The highest BCUT2D eigenvalue weighted by Gasteiger charge is 2.39. The molecule has 0 aliphatic carbocycles. The van der Waals surface area contributed by atoms with Gasteiger partial charge in [-0.2, -0.15) is 0 Å². The Kier molecular flexibility index (Phi) is 4.33. The van der Waals surface area contributed by atoms with Crippen molar-refractivity contribution in [2.45, 2.75) is 19.1 Å². The number of carboxylic acid groups (broad SMARTS) is 1. The summed E-state index contributed by atoms with van der Waals surface area (Å²) in [5.41, 5.74) is 0. The number of morpholine rings is 1. The maximum absolute atomic E-state index is 12.5. The van der Waals surface area contributed by atoms with Crippen LogP contribution in [-0.4, -0.2) is 65.0 Å². The maximum Gasteiger partial charge on any atom is 0.334 e. The molecule has 3 heterocycles. The van der Waals surface area contributed by atoms with E-state index in [0.29, 0.717) is 25.4 Å². The Bertz CT molecular complexity index is 599. The van der Waals surface area contributed by atoms with Crippen LogP contribution in [0.1, 0.15) is 12.2 Å². The quantitative estimate of drug-likeness (QED) is 0.833. The van der Waals surface area contributed by atoms with Gasteiger partial charge < -0.3 is 24.1 Å². The lowest BCUT2D eigenvalue weighted by Crippen LogP contribution is -2.50. The first-order valence-electron chi connectivity index (χ1n) is 7.48. The summed E-state index contributed by atoms with van der Waals surface area (Å²) in [7, 11) is 0. The molecule has 1 aromatic rings. The van der Waals surface area contributed by atoms with Gasteiger partial charge in [-0.25, -0.2) is 4.79 Å². The minimum absolute atomic E-state index is 0.0248. The molecule has 124 valence electrons. The molecule has 0 aromatic carbocycles. The van der Waals surface area contributed by atoms with Crippen molar-refractivity contribution in [3.63, 3.8) is 0 Å². The van der Waals surface area contributed by atoms with Crippen LogP contribution >= 0.6 is 0 Å². The molecule has 2 atom stereocenters. The van der Waals surface area contributed by atoms with Crippen molar-refractivity contribution in [2.75, 3.05) is 26.2 Å². The molecule has 2 amide bonds. The summed E-state index contributed by atoms with van der Waals surface area (Å²) in [6.45, 7) is 1.24. The summed E-state index contributed by atoms with van der Waals surface area (Å²) in [6.07, 6.45) is 0.691. The maximum atomic E-state index is 12.5. The minimum Gasteiger partial charge on any atom is -0.479 e. The standard InChI is InChI=1S/C15H18N2O6/c18-13-6-10(7-17(13)8-11-2-1-4-22-11)14(19)16-3-5-23-12(9-16)15(20)21/h1-2,4,10,12H,3,5-9H2,(H,20,21)/t10-,12-/m0/s1. The molecule has 1 N–H and O–H groups in total. The van der Waals surface area contributed by atoms with Gasteiger partial charge in [0.2, 0.25) is 11.8 Å². The molecule has 2 fully saturated rings. The van der Waals surface area contributed by atoms with Crippen LogP contribution in [0.2, 0.25) is 0 Å². The number of amides is 2. The molecule has 3 rings (SSSR count). The van der Waals surface area contributed by atoms with Gasteiger partial charge in [0.1, 0.15) is 5.76 Å². The molecule has 2 aliphatic rings. The lowest BCUT2D eigenvalue weighted by molar-refractivity contribution is -0.160. The van der Waals surface area contributed by atoms with Crippen molar-refractivity contribution < 1.29 is 28.6 Å². The van der Waals surface area contributed by atoms with Gasteiger partial charge in [-0.15, -0.1) is 0 Å². The van der Waals surface area contributed by atoms with Crippen LogP contribution in [0.25, 0.3) is 0 Å². The van der Waals surface area contributed by atoms with E-state index in [1.54, 1.807) is 17.0 Å². The first-order chi connectivity index (χ1) is 11.0. The summed E-state index contributed by atoms with van der Waals surface area (Å²) < 4.78 is 10.3. The van der Waals surface area contributed by atoms with Crippen LogP contribution in [0, 0.1) is 5.92 Å². The van der Waals surface area contributed by atoms with Crippen LogP contribution in [-0.2, 0) is 25.7 Å². The monoisotopic (exact) mass is 322 g/mol. The van der Waals surface area contributed by atoms with E-state index in [-0.39, 0.29) is 31.4 Å². The second-order valence-corrected chi connectivity index (χ2v) is 5.74. The number of hydrogen-bond donors (Lipinski definition) is 1. The zero-order valence-corrected chi connectivity index (χ0v) is 12.5. The Morgan fingerprint density at radius 2 is 2.17 bits per heavy atom. The van der Waals surface area contributed by atoms with Crippen LogP contribution in [0.15, 0.2) is 22.8 Å². The number of carbonyl (C=O) groups excluding carboxylic acids is 2. The lowest BCUT2D eigenvalue weighted by Gasteiger charge is -2.32. The Hall–Kier alpha value is -2.35. The molecule has 8 heteroatoms. The molecule has 1 aromatic heterocycles. The number of rotatable bonds is 4. The third-order valence-corrected chi connectivity index (χ3v) is 4.14. The summed E-state index contributed by atoms with van der Waals surface area (Å²) in [5.74, 6) is -1.13. The van der Waals surface area contributed by atoms with Crippen molar-refractivity contribution in [2.24, 2.45) is 5.92 Å². The largest absolute Gasteiger partial charge is 0.479 e. The van der Waals surface area contributed by atoms with E-state index in [2.05, 4.69) is 0 Å². The number of hydrogen-bond acceptors (Lipinski definition) is 5. The van der Waals surface area contributed by atoms with Gasteiger partial charge in [-0.3, -0.25) is 9.59 Å². The number of carbonyl (C=O) groups is 3. The van der Waals surface area contributed by atoms with E-state index >= 15 is 0 Å². The topological polar surface area (TPSA) is 100 Å². The highest BCUT2D eigenvalue weighted by Crippen LogP contribution is 2.23. The van der Waals surface area contributed by atoms with Gasteiger partial charge in [0.25, 0.3) is 0 Å². The molecule has 0 bridgehead atoms. The van der Waals surface area contributed by atoms with Crippen molar-refractivity contribution >= 4 is 17.8 Å². The molecule has 8 nitrogen and oxygen atoms in total. The second-order valence-electron chi connectivity index (χ2n) is 5.74. The summed E-state index contributed by atoms with van der Waals surface area (Å²) >= 11 is 0. The van der Waals surface area contributed by atoms with Crippen molar-refractivity contribution in [3.05, 3.63) is 24.2 Å². The highest BCUT2D eigenvalue weighted by molar-refractivity contribution is 5.89. The zero-order chi connectivity index (χ0) is 16.4. The van der Waals surface area contributed by atoms with Gasteiger partial charge >= 0.3 is 5.97 Å². The number of furan rings is 1. The summed E-state index contributed by atoms with van der Waals surface area (Å²) in [6, 6.07) is 3.53. The lowest BCUT2D eigenvalue weighted by atomic mass is 10.1. The van der Waals surface area contributed by atoms with Gasteiger partial charge in [0.05, 0.1) is 31.9 Å². The Labute approximate surface area is 132 Å². The average molecular weight is 322 g/mol. The van der Waals surface area contributed by atoms with Gasteiger partial charge in [-0.1, -0.05) is 0 Å². The van der Waals surface area contributed by atoms with Crippen LogP contribution < -0.4 is 0 Å². The number of nitrogens with zero attached hydrogens (tertiary/aromatic N) is 2. The zero-order valence-electron chi connectivity index (χ0n) is 12.5. The SMILES string of the molecule is O=C(O)[C@@H]1CN(C(=O)[C@H]2CC(=O)N(Cc3ccco3)C2)CCO1. The third-order valence-electron chi connectivity index (χ3n) is 4.14. The van der Waals surface area contributed by atoms with Gasteiger partial charge in [0.15, 0.2) is 6.10 Å². The van der Waals surface area contributed by atoms with E-state index in [9.17, 15) is 14.4 Å². The molecule has 2 aliphatic heterocycles. The first kappa shape index (κ1) is 15.5. The Morgan fingerprint density at radius 1 is 1.35 bits per heavy atom. The molecular weight excluding hydrogens is 304 g/mol.